The molecule has 3 heterocycles. The van der Waals surface area contributed by atoms with Crippen LogP contribution in [0.4, 0.5) is 13.2 Å². The molecule has 0 atom stereocenters. The molecule has 31 heavy (non-hydrogen) atoms. The zero-order valence-electron chi connectivity index (χ0n) is 16.9. The molecule has 0 unspecified atom stereocenters. The number of alkyl halides is 3. The maximum absolute atomic E-state index is 11.6. The van der Waals surface area contributed by atoms with Crippen molar-refractivity contribution in [3.8, 4) is 11.6 Å². The van der Waals surface area contributed by atoms with Gasteiger partial charge in [-0.15, -0.1) is 0 Å². The number of aliphatic carboxylic acids is 1. The van der Waals surface area contributed by atoms with E-state index in [-0.39, 0.29) is 5.91 Å². The molecule has 170 valence electrons. The number of amides is 1. The molecule has 10 nitrogen and oxygen atoms in total. The highest BCUT2D eigenvalue weighted by Gasteiger charge is 2.41. The molecule has 0 aromatic carbocycles. The van der Waals surface area contributed by atoms with E-state index < -0.39 is 17.7 Å². The second kappa shape index (κ2) is 8.65. The highest BCUT2D eigenvalue weighted by molar-refractivity contribution is 5.74. The van der Waals surface area contributed by atoms with Gasteiger partial charge in [-0.25, -0.2) is 9.78 Å². The highest BCUT2D eigenvalue weighted by atomic mass is 19.4. The summed E-state index contributed by atoms with van der Waals surface area (Å²) in [5.41, 5.74) is 0.0676. The number of hydrogen-bond donors (Lipinski definition) is 3. The number of nitrogens with one attached hydrogen (secondary N) is 2. The molecule has 0 spiro atoms. The van der Waals surface area contributed by atoms with Crippen molar-refractivity contribution in [2.75, 3.05) is 13.1 Å². The van der Waals surface area contributed by atoms with Crippen molar-refractivity contribution in [3.05, 3.63) is 17.5 Å². The van der Waals surface area contributed by atoms with E-state index in [1.807, 2.05) is 6.92 Å². The topological polar surface area (TPSA) is 143 Å². The van der Waals surface area contributed by atoms with Crippen molar-refractivity contribution in [2.24, 2.45) is 0 Å². The Hall–Kier alpha value is -2.96. The molecule has 1 amide bonds. The normalized spacial score (nSPS) is 18.1. The Kier molecular flexibility index (Phi) is 6.34. The number of nitrogens with zero attached hydrogens (tertiary/aromatic N) is 3. The van der Waals surface area contributed by atoms with Crippen LogP contribution in [-0.2, 0) is 15.1 Å². The minimum absolute atomic E-state index is 0.0827. The Labute approximate surface area is 174 Å². The Balaban J connectivity index is 0.000000339. The molecular weight excluding hydrogens is 423 g/mol. The zero-order chi connectivity index (χ0) is 22.8. The number of oxazole rings is 1. The van der Waals surface area contributed by atoms with Crippen LogP contribution in [0.3, 0.4) is 0 Å². The van der Waals surface area contributed by atoms with Crippen molar-refractivity contribution in [2.45, 2.75) is 57.2 Å². The van der Waals surface area contributed by atoms with Gasteiger partial charge in [0.05, 0.1) is 5.92 Å². The minimum Gasteiger partial charge on any atom is -0.475 e. The lowest BCUT2D eigenvalue weighted by Gasteiger charge is -2.25. The van der Waals surface area contributed by atoms with Crippen molar-refractivity contribution in [3.63, 3.8) is 0 Å². The van der Waals surface area contributed by atoms with Gasteiger partial charge in [0.2, 0.25) is 11.8 Å². The summed E-state index contributed by atoms with van der Waals surface area (Å²) < 4.78 is 42.9. The van der Waals surface area contributed by atoms with Crippen LogP contribution in [0.1, 0.15) is 56.0 Å². The summed E-state index contributed by atoms with van der Waals surface area (Å²) in [4.78, 5) is 29.6. The van der Waals surface area contributed by atoms with Crippen LogP contribution in [0, 0.1) is 6.92 Å². The van der Waals surface area contributed by atoms with E-state index in [4.69, 9.17) is 18.8 Å². The lowest BCUT2D eigenvalue weighted by molar-refractivity contribution is -0.192. The van der Waals surface area contributed by atoms with Gasteiger partial charge >= 0.3 is 12.1 Å². The lowest BCUT2D eigenvalue weighted by Crippen LogP contribution is -2.43. The van der Waals surface area contributed by atoms with Crippen LogP contribution in [0.2, 0.25) is 0 Å². The van der Waals surface area contributed by atoms with Gasteiger partial charge in [0.1, 0.15) is 11.3 Å². The van der Waals surface area contributed by atoms with Gasteiger partial charge in [0.15, 0.2) is 11.5 Å². The zero-order valence-corrected chi connectivity index (χ0v) is 16.9. The number of carboxylic acid groups (broad SMARTS) is 1. The van der Waals surface area contributed by atoms with Crippen LogP contribution >= 0.6 is 0 Å². The number of carbonyl (C=O) groups is 2. The first kappa shape index (κ1) is 22.7. The molecule has 1 saturated carbocycles. The quantitative estimate of drug-likeness (QED) is 0.645. The highest BCUT2D eigenvalue weighted by Crippen LogP contribution is 2.38. The minimum atomic E-state index is -5.08. The van der Waals surface area contributed by atoms with Gasteiger partial charge in [-0.1, -0.05) is 18.0 Å². The van der Waals surface area contributed by atoms with Crippen molar-refractivity contribution >= 4 is 11.9 Å². The molecule has 13 heteroatoms. The lowest BCUT2D eigenvalue weighted by atomic mass is 9.96. The molecule has 0 bridgehead atoms. The van der Waals surface area contributed by atoms with E-state index in [0.717, 1.165) is 38.8 Å². The average molecular weight is 445 g/mol. The Morgan fingerprint density at radius 2 is 1.84 bits per heavy atom. The number of hydrogen-bond acceptors (Lipinski definition) is 8. The Morgan fingerprint density at radius 1 is 1.23 bits per heavy atom. The molecule has 1 aliphatic carbocycles. The van der Waals surface area contributed by atoms with Crippen molar-refractivity contribution < 1.29 is 36.8 Å². The summed E-state index contributed by atoms with van der Waals surface area (Å²) in [7, 11) is 0. The van der Waals surface area contributed by atoms with E-state index in [1.54, 1.807) is 0 Å². The molecule has 2 aromatic rings. The molecule has 0 radical (unpaired) electrons. The molecule has 3 N–H and O–H groups in total. The van der Waals surface area contributed by atoms with Gasteiger partial charge in [-0.3, -0.25) is 4.79 Å². The number of halogens is 3. The fraction of sp³-hybridized carbons (Fsp3) is 0.611. The number of aryl methyl sites for hydroxylation is 1. The third kappa shape index (κ3) is 5.03. The third-order valence-corrected chi connectivity index (χ3v) is 5.12. The predicted molar refractivity (Wildman–Crippen MR) is 97.8 cm³/mol. The first-order chi connectivity index (χ1) is 14.5. The summed E-state index contributed by atoms with van der Waals surface area (Å²) >= 11 is 0. The van der Waals surface area contributed by atoms with Crippen LogP contribution in [0.15, 0.2) is 8.94 Å². The second-order valence-corrected chi connectivity index (χ2v) is 7.51. The summed E-state index contributed by atoms with van der Waals surface area (Å²) in [6.07, 6.45) is -1.37. The van der Waals surface area contributed by atoms with Crippen LogP contribution in [0.5, 0.6) is 0 Å². The standard InChI is InChI=1S/C16H21N5O3.C2HF3O2/c1-9-12(18-13(23-9)11-7-17-8-11)14-19-15(21-24-14)16(20-10(2)22)5-3-4-6-16;3-2(4,5)1(6)7/h11,17H,3-8H2,1-2H3,(H,20,22);(H,6,7). The number of aromatic nitrogens is 3. The van der Waals surface area contributed by atoms with Crippen LogP contribution in [0.25, 0.3) is 11.6 Å². The second-order valence-electron chi connectivity index (χ2n) is 7.51. The molecule has 1 saturated heterocycles. The molecule has 1 aliphatic heterocycles. The third-order valence-electron chi connectivity index (χ3n) is 5.12. The van der Waals surface area contributed by atoms with E-state index >= 15 is 0 Å². The average Bonchev–Trinajstić information content (AvgIpc) is 3.32. The van der Waals surface area contributed by atoms with E-state index in [0.29, 0.717) is 35.0 Å². The monoisotopic (exact) mass is 445 g/mol. The maximum Gasteiger partial charge on any atom is 0.490 e. The number of rotatable bonds is 4. The fourth-order valence-corrected chi connectivity index (χ4v) is 3.49. The molecule has 4 rings (SSSR count). The SMILES string of the molecule is CC(=O)NC1(c2noc(-c3nc(C4CNC4)oc3C)n2)CCCC1.O=C(O)C(F)(F)F. The number of carboxylic acids is 1. The van der Waals surface area contributed by atoms with Crippen molar-refractivity contribution in [1.82, 2.24) is 25.8 Å². The van der Waals surface area contributed by atoms with Gasteiger partial charge in [-0.2, -0.15) is 18.2 Å². The predicted octanol–water partition coefficient (Wildman–Crippen LogP) is 2.26. The smallest absolute Gasteiger partial charge is 0.475 e. The van der Waals surface area contributed by atoms with Gasteiger partial charge < -0.3 is 24.7 Å². The van der Waals surface area contributed by atoms with Crippen LogP contribution < -0.4 is 10.6 Å². The van der Waals surface area contributed by atoms with Crippen LogP contribution in [-0.4, -0.2) is 51.4 Å². The van der Waals surface area contributed by atoms with Gasteiger partial charge in [0, 0.05) is 20.0 Å². The first-order valence-electron chi connectivity index (χ1n) is 9.63. The van der Waals surface area contributed by atoms with E-state index in [2.05, 4.69) is 25.8 Å². The summed E-state index contributed by atoms with van der Waals surface area (Å²) in [5.74, 6) is -0.278. The largest absolute Gasteiger partial charge is 0.490 e. The Morgan fingerprint density at radius 3 is 2.32 bits per heavy atom. The molecule has 2 aliphatic rings. The summed E-state index contributed by atoms with van der Waals surface area (Å²) in [5, 5.41) is 17.5. The molecule has 2 aromatic heterocycles. The first-order valence-corrected chi connectivity index (χ1v) is 9.63. The summed E-state index contributed by atoms with van der Waals surface area (Å²) in [6.45, 7) is 5.11. The number of carbonyl (C=O) groups excluding carboxylic acids is 1. The van der Waals surface area contributed by atoms with Gasteiger partial charge in [0.25, 0.3) is 5.89 Å². The van der Waals surface area contributed by atoms with Crippen molar-refractivity contribution in [1.29, 1.82) is 0 Å². The van der Waals surface area contributed by atoms with E-state index in [1.165, 1.54) is 6.92 Å². The molecular formula is C18H22F3N5O5. The Bertz CT molecular complexity index is 945. The van der Waals surface area contributed by atoms with E-state index in [9.17, 15) is 18.0 Å². The van der Waals surface area contributed by atoms with Gasteiger partial charge in [-0.05, 0) is 19.8 Å². The fourth-order valence-electron chi connectivity index (χ4n) is 3.49. The summed E-state index contributed by atoms with van der Waals surface area (Å²) in [6, 6.07) is 0. The maximum atomic E-state index is 11.6. The molecule has 2 fully saturated rings.